The van der Waals surface area contributed by atoms with Gasteiger partial charge >= 0.3 is 0 Å². The molecule has 0 unspecified atom stereocenters. The lowest BCUT2D eigenvalue weighted by atomic mass is 10.1. The van der Waals surface area contributed by atoms with Gasteiger partial charge in [0.15, 0.2) is 5.96 Å². The topological polar surface area (TPSA) is 54.2 Å². The Hall–Kier alpha value is -2.00. The summed E-state index contributed by atoms with van der Waals surface area (Å²) in [6.45, 7) is 7.32. The summed E-state index contributed by atoms with van der Waals surface area (Å²) in [5, 5.41) is 6.79. The Balaban J connectivity index is 0.00000341. The highest BCUT2D eigenvalue weighted by Crippen LogP contribution is 2.22. The van der Waals surface area contributed by atoms with E-state index in [9.17, 15) is 0 Å². The van der Waals surface area contributed by atoms with Crippen LogP contribution in [0.1, 0.15) is 29.4 Å². The van der Waals surface area contributed by atoms with Crippen LogP contribution in [0.3, 0.4) is 0 Å². The number of hydrogen-bond acceptors (Lipinski definition) is 3. The van der Waals surface area contributed by atoms with E-state index < -0.39 is 0 Å². The molecule has 0 aliphatic heterocycles. The molecule has 2 N–H and O–H groups in total. The zero-order chi connectivity index (χ0) is 21.2. The molecular formula is C24H32IN5S. The van der Waals surface area contributed by atoms with E-state index in [1.807, 2.05) is 18.5 Å². The van der Waals surface area contributed by atoms with Crippen molar-refractivity contribution in [2.75, 3.05) is 19.3 Å². The van der Waals surface area contributed by atoms with Gasteiger partial charge in [-0.25, -0.2) is 9.98 Å². The van der Waals surface area contributed by atoms with Crippen LogP contribution >= 0.6 is 35.7 Å². The van der Waals surface area contributed by atoms with Crippen molar-refractivity contribution in [1.29, 1.82) is 0 Å². The number of aliphatic imine (C=N–C) groups is 1. The van der Waals surface area contributed by atoms with Crippen molar-refractivity contribution in [1.82, 2.24) is 20.2 Å². The minimum atomic E-state index is 0. The first-order chi connectivity index (χ1) is 14.7. The van der Waals surface area contributed by atoms with E-state index in [1.54, 1.807) is 11.8 Å². The molecule has 0 aliphatic carbocycles. The Labute approximate surface area is 207 Å². The van der Waals surface area contributed by atoms with Gasteiger partial charge in [-0.2, -0.15) is 0 Å². The molecule has 3 rings (SSSR count). The molecule has 31 heavy (non-hydrogen) atoms. The first-order valence-corrected chi connectivity index (χ1v) is 11.6. The van der Waals surface area contributed by atoms with Gasteiger partial charge in [-0.3, -0.25) is 0 Å². The number of benzene rings is 2. The molecule has 1 aromatic heterocycles. The summed E-state index contributed by atoms with van der Waals surface area (Å²) in [6.07, 6.45) is 6.87. The predicted octanol–water partition coefficient (Wildman–Crippen LogP) is 4.88. The number of hydrogen-bond donors (Lipinski definition) is 2. The third-order valence-electron chi connectivity index (χ3n) is 4.83. The average Bonchev–Trinajstić information content (AvgIpc) is 3.20. The van der Waals surface area contributed by atoms with Crippen LogP contribution in [-0.2, 0) is 19.5 Å². The lowest BCUT2D eigenvalue weighted by Crippen LogP contribution is -2.38. The Morgan fingerprint density at radius 2 is 1.94 bits per heavy atom. The summed E-state index contributed by atoms with van der Waals surface area (Å²) in [6, 6.07) is 17.0. The Morgan fingerprint density at radius 1 is 1.13 bits per heavy atom. The van der Waals surface area contributed by atoms with Crippen LogP contribution in [0.2, 0.25) is 0 Å². The van der Waals surface area contributed by atoms with Crippen LogP contribution in [-0.4, -0.2) is 34.9 Å². The molecule has 0 atom stereocenters. The van der Waals surface area contributed by atoms with Crippen LogP contribution in [0.4, 0.5) is 0 Å². The molecule has 0 saturated heterocycles. The van der Waals surface area contributed by atoms with Gasteiger partial charge in [0.05, 0.1) is 6.54 Å². The van der Waals surface area contributed by atoms with Crippen molar-refractivity contribution < 1.29 is 0 Å². The molecule has 5 nitrogen and oxygen atoms in total. The fourth-order valence-electron chi connectivity index (χ4n) is 3.27. The highest BCUT2D eigenvalue weighted by Gasteiger charge is 2.06. The molecule has 0 radical (unpaired) electrons. The highest BCUT2D eigenvalue weighted by atomic mass is 127. The van der Waals surface area contributed by atoms with Gasteiger partial charge in [0.25, 0.3) is 0 Å². The van der Waals surface area contributed by atoms with Crippen molar-refractivity contribution in [3.05, 3.63) is 83.4 Å². The summed E-state index contributed by atoms with van der Waals surface area (Å²) in [5.41, 5.74) is 3.81. The van der Waals surface area contributed by atoms with Crippen LogP contribution in [0.5, 0.6) is 0 Å². The maximum Gasteiger partial charge on any atom is 0.191 e. The molecule has 166 valence electrons. The molecule has 0 amide bonds. The number of nitrogens with one attached hydrogen (secondary N) is 2. The fourth-order valence-corrected chi connectivity index (χ4v) is 3.97. The van der Waals surface area contributed by atoms with E-state index in [4.69, 9.17) is 4.99 Å². The maximum atomic E-state index is 4.78. The minimum Gasteiger partial charge on any atom is -0.357 e. The minimum absolute atomic E-state index is 0. The standard InChI is InChI=1S/C24H31N5S.HI/c1-4-25-24(28-17-21-11-10-19(2)16-22(21)30-3)27-13-12-23-26-14-15-29(23)18-20-8-6-5-7-9-20;/h5-11,14-16H,4,12-13,17-18H2,1-3H3,(H2,25,27,28);1H. The predicted molar refractivity (Wildman–Crippen MR) is 143 cm³/mol. The molecule has 2 aromatic carbocycles. The molecule has 1 heterocycles. The molecule has 7 heteroatoms. The van der Waals surface area contributed by atoms with Crippen molar-refractivity contribution in [3.63, 3.8) is 0 Å². The molecule has 0 saturated carbocycles. The average molecular weight is 550 g/mol. The van der Waals surface area contributed by atoms with Crippen LogP contribution in [0.15, 0.2) is 70.8 Å². The summed E-state index contributed by atoms with van der Waals surface area (Å²) in [5.74, 6) is 1.91. The lowest BCUT2D eigenvalue weighted by molar-refractivity contribution is 0.694. The van der Waals surface area contributed by atoms with Crippen molar-refractivity contribution >= 4 is 41.7 Å². The normalized spacial score (nSPS) is 11.1. The first-order valence-electron chi connectivity index (χ1n) is 10.4. The van der Waals surface area contributed by atoms with Gasteiger partial charge < -0.3 is 15.2 Å². The van der Waals surface area contributed by atoms with Crippen molar-refractivity contribution in [3.8, 4) is 0 Å². The zero-order valence-corrected chi connectivity index (χ0v) is 21.6. The largest absolute Gasteiger partial charge is 0.357 e. The monoisotopic (exact) mass is 549 g/mol. The smallest absolute Gasteiger partial charge is 0.191 e. The summed E-state index contributed by atoms with van der Waals surface area (Å²) >= 11 is 1.77. The SMILES string of the molecule is CCNC(=NCc1ccc(C)cc1SC)NCCc1nccn1Cc1ccccc1.I. The lowest BCUT2D eigenvalue weighted by Gasteiger charge is -2.13. The number of imidazole rings is 1. The Morgan fingerprint density at radius 3 is 2.68 bits per heavy atom. The number of halogens is 1. The van der Waals surface area contributed by atoms with E-state index in [0.717, 1.165) is 37.8 Å². The summed E-state index contributed by atoms with van der Waals surface area (Å²) in [4.78, 5) is 10.6. The van der Waals surface area contributed by atoms with E-state index >= 15 is 0 Å². The number of nitrogens with zero attached hydrogens (tertiary/aromatic N) is 3. The van der Waals surface area contributed by atoms with Gasteiger partial charge in [-0.15, -0.1) is 35.7 Å². The molecule has 3 aromatic rings. The maximum absolute atomic E-state index is 4.78. The van der Waals surface area contributed by atoms with E-state index in [2.05, 4.69) is 82.8 Å². The van der Waals surface area contributed by atoms with Gasteiger partial charge in [0, 0.05) is 43.3 Å². The van der Waals surface area contributed by atoms with E-state index in [1.165, 1.54) is 21.6 Å². The Bertz CT molecular complexity index is 956. The van der Waals surface area contributed by atoms with Gasteiger partial charge in [0.1, 0.15) is 5.82 Å². The van der Waals surface area contributed by atoms with E-state index in [0.29, 0.717) is 6.54 Å². The molecule has 0 aliphatic rings. The second kappa shape index (κ2) is 13.4. The third kappa shape index (κ3) is 7.88. The van der Waals surface area contributed by atoms with Crippen LogP contribution < -0.4 is 10.6 Å². The number of guanidine groups is 1. The summed E-state index contributed by atoms with van der Waals surface area (Å²) in [7, 11) is 0. The number of aryl methyl sites for hydroxylation is 1. The van der Waals surface area contributed by atoms with Crippen molar-refractivity contribution in [2.24, 2.45) is 4.99 Å². The van der Waals surface area contributed by atoms with Crippen LogP contribution in [0.25, 0.3) is 0 Å². The van der Waals surface area contributed by atoms with Crippen molar-refractivity contribution in [2.45, 2.75) is 38.3 Å². The quantitative estimate of drug-likeness (QED) is 0.173. The fraction of sp³-hybridized carbons (Fsp3) is 0.333. The molecular weight excluding hydrogens is 517 g/mol. The van der Waals surface area contributed by atoms with Gasteiger partial charge in [-0.1, -0.05) is 42.5 Å². The van der Waals surface area contributed by atoms with Crippen LogP contribution in [0, 0.1) is 6.92 Å². The summed E-state index contributed by atoms with van der Waals surface area (Å²) < 4.78 is 2.21. The molecule has 0 spiro atoms. The number of rotatable bonds is 9. The molecule has 0 fully saturated rings. The number of thioether (sulfide) groups is 1. The molecule has 0 bridgehead atoms. The highest BCUT2D eigenvalue weighted by molar-refractivity contribution is 14.0. The Kier molecular flexibility index (Phi) is 10.9. The van der Waals surface area contributed by atoms with Gasteiger partial charge in [-0.05, 0) is 42.9 Å². The van der Waals surface area contributed by atoms with E-state index in [-0.39, 0.29) is 24.0 Å². The third-order valence-corrected chi connectivity index (χ3v) is 5.65. The zero-order valence-electron chi connectivity index (χ0n) is 18.5. The number of aromatic nitrogens is 2. The first kappa shape index (κ1) is 25.3. The second-order valence-electron chi connectivity index (χ2n) is 7.14. The second-order valence-corrected chi connectivity index (χ2v) is 7.99. The van der Waals surface area contributed by atoms with Gasteiger partial charge in [0.2, 0.25) is 0 Å².